The van der Waals surface area contributed by atoms with Gasteiger partial charge in [-0.05, 0) is 78.7 Å². The van der Waals surface area contributed by atoms with Crippen molar-refractivity contribution in [2.45, 2.75) is 33.1 Å². The molecule has 5 nitrogen and oxygen atoms in total. The molecule has 2 aromatic heterocycles. The molecule has 36 heavy (non-hydrogen) atoms. The van der Waals surface area contributed by atoms with Crippen molar-refractivity contribution in [2.75, 3.05) is 0 Å². The van der Waals surface area contributed by atoms with Crippen LogP contribution in [-0.4, -0.2) is 9.97 Å². The van der Waals surface area contributed by atoms with E-state index in [4.69, 9.17) is 18.6 Å². The van der Waals surface area contributed by atoms with Crippen LogP contribution in [0.2, 0.25) is 0 Å². The zero-order valence-electron chi connectivity index (χ0n) is 20.7. The van der Waals surface area contributed by atoms with Crippen LogP contribution in [0.5, 0.6) is 11.5 Å². The number of nitrogens with zero attached hydrogens (tertiary/aromatic N) is 2. The smallest absolute Gasteiger partial charge is 0.227 e. The maximum absolute atomic E-state index is 6.08. The van der Waals surface area contributed by atoms with Gasteiger partial charge >= 0.3 is 0 Å². The van der Waals surface area contributed by atoms with Gasteiger partial charge in [-0.3, -0.25) is 0 Å². The standard InChI is InChI=1S/C31H26N2O3/c1-19-5-11-24(12-6-19)35-25-13-7-21(8-14-25)30-33-27-18-23(10-16-29(27)36-30)31(3,4)22-9-15-28-26(17-22)32-20(2)34-28/h5-18H,1-4H3. The Balaban J connectivity index is 1.27. The number of oxazole rings is 2. The van der Waals surface area contributed by atoms with E-state index in [1.54, 1.807) is 0 Å². The van der Waals surface area contributed by atoms with E-state index in [9.17, 15) is 0 Å². The van der Waals surface area contributed by atoms with Gasteiger partial charge in [-0.2, -0.15) is 0 Å². The topological polar surface area (TPSA) is 61.3 Å². The van der Waals surface area contributed by atoms with Crippen molar-refractivity contribution in [1.82, 2.24) is 9.97 Å². The van der Waals surface area contributed by atoms with E-state index >= 15 is 0 Å². The van der Waals surface area contributed by atoms with Crippen molar-refractivity contribution in [1.29, 1.82) is 0 Å². The molecular weight excluding hydrogens is 448 g/mol. The van der Waals surface area contributed by atoms with Crippen LogP contribution in [0.4, 0.5) is 0 Å². The molecule has 5 heteroatoms. The molecule has 0 saturated heterocycles. The molecule has 178 valence electrons. The summed E-state index contributed by atoms with van der Waals surface area (Å²) in [5, 5.41) is 0. The lowest BCUT2D eigenvalue weighted by Crippen LogP contribution is -2.18. The molecule has 0 radical (unpaired) electrons. The summed E-state index contributed by atoms with van der Waals surface area (Å²) in [6, 6.07) is 28.2. The third-order valence-electron chi connectivity index (χ3n) is 6.68. The van der Waals surface area contributed by atoms with E-state index in [1.165, 1.54) is 5.56 Å². The molecule has 0 aliphatic rings. The van der Waals surface area contributed by atoms with Gasteiger partial charge in [0.25, 0.3) is 0 Å². The lowest BCUT2D eigenvalue weighted by Gasteiger charge is -2.26. The zero-order chi connectivity index (χ0) is 24.9. The van der Waals surface area contributed by atoms with Crippen molar-refractivity contribution < 1.29 is 13.6 Å². The van der Waals surface area contributed by atoms with Gasteiger partial charge < -0.3 is 13.6 Å². The summed E-state index contributed by atoms with van der Waals surface area (Å²) in [6.07, 6.45) is 0. The highest BCUT2D eigenvalue weighted by atomic mass is 16.5. The van der Waals surface area contributed by atoms with Crippen molar-refractivity contribution in [3.05, 3.63) is 108 Å². The highest BCUT2D eigenvalue weighted by Crippen LogP contribution is 2.36. The zero-order valence-corrected chi connectivity index (χ0v) is 20.7. The fourth-order valence-electron chi connectivity index (χ4n) is 4.45. The summed E-state index contributed by atoms with van der Waals surface area (Å²) >= 11 is 0. The Morgan fingerprint density at radius 2 is 1.19 bits per heavy atom. The minimum Gasteiger partial charge on any atom is -0.457 e. The van der Waals surface area contributed by atoms with E-state index in [2.05, 4.69) is 50.0 Å². The molecule has 0 aliphatic heterocycles. The molecule has 0 bridgehead atoms. The van der Waals surface area contributed by atoms with Crippen LogP contribution >= 0.6 is 0 Å². The maximum atomic E-state index is 6.08. The number of rotatable bonds is 5. The number of aryl methyl sites for hydroxylation is 2. The number of benzene rings is 4. The minimum absolute atomic E-state index is 0.247. The number of hydrogen-bond acceptors (Lipinski definition) is 5. The first-order valence-electron chi connectivity index (χ1n) is 12.0. The molecule has 0 N–H and O–H groups in total. The SMILES string of the molecule is Cc1ccc(Oc2ccc(-c3nc4cc(C(C)(C)c5ccc6oc(C)nc6c5)ccc4o3)cc2)cc1. The molecular formula is C31H26N2O3. The van der Waals surface area contributed by atoms with Crippen molar-refractivity contribution >= 4 is 22.2 Å². The Morgan fingerprint density at radius 3 is 1.83 bits per heavy atom. The van der Waals surface area contributed by atoms with E-state index in [1.807, 2.05) is 67.6 Å². The summed E-state index contributed by atoms with van der Waals surface area (Å²) < 4.78 is 17.7. The largest absolute Gasteiger partial charge is 0.457 e. The Kier molecular flexibility index (Phi) is 5.15. The molecule has 0 fully saturated rings. The van der Waals surface area contributed by atoms with Crippen LogP contribution < -0.4 is 4.74 Å². The Morgan fingerprint density at radius 1 is 0.639 bits per heavy atom. The molecule has 0 amide bonds. The van der Waals surface area contributed by atoms with Gasteiger partial charge in [-0.1, -0.05) is 43.7 Å². The second kappa shape index (κ2) is 8.38. The van der Waals surface area contributed by atoms with Gasteiger partial charge in [0.15, 0.2) is 17.1 Å². The van der Waals surface area contributed by atoms with Crippen LogP contribution in [0.3, 0.4) is 0 Å². The Bertz CT molecular complexity index is 1690. The Hall–Kier alpha value is -4.38. The first kappa shape index (κ1) is 22.1. The predicted octanol–water partition coefficient (Wildman–Crippen LogP) is 8.37. The summed E-state index contributed by atoms with van der Waals surface area (Å²) in [5.41, 5.74) is 7.43. The highest BCUT2D eigenvalue weighted by molar-refractivity contribution is 5.78. The summed E-state index contributed by atoms with van der Waals surface area (Å²) in [4.78, 5) is 9.29. The van der Waals surface area contributed by atoms with Crippen LogP contribution in [0.1, 0.15) is 36.4 Å². The number of fused-ring (bicyclic) bond motifs is 2. The van der Waals surface area contributed by atoms with Gasteiger partial charge in [-0.25, -0.2) is 9.97 Å². The fraction of sp³-hybridized carbons (Fsp3) is 0.161. The van der Waals surface area contributed by atoms with Gasteiger partial charge in [-0.15, -0.1) is 0 Å². The van der Waals surface area contributed by atoms with E-state index in [-0.39, 0.29) is 5.41 Å². The molecule has 4 aromatic carbocycles. The second-order valence-corrected chi connectivity index (χ2v) is 9.68. The van der Waals surface area contributed by atoms with Crippen LogP contribution in [-0.2, 0) is 5.41 Å². The molecule has 0 saturated carbocycles. The summed E-state index contributed by atoms with van der Waals surface area (Å²) in [6.45, 7) is 8.33. The van der Waals surface area contributed by atoms with Crippen LogP contribution in [0, 0.1) is 13.8 Å². The molecule has 0 aliphatic carbocycles. The summed E-state index contributed by atoms with van der Waals surface area (Å²) in [7, 11) is 0. The number of aromatic nitrogens is 2. The fourth-order valence-corrected chi connectivity index (χ4v) is 4.45. The van der Waals surface area contributed by atoms with Crippen LogP contribution in [0.25, 0.3) is 33.7 Å². The summed E-state index contributed by atoms with van der Waals surface area (Å²) in [5.74, 6) is 2.83. The van der Waals surface area contributed by atoms with E-state index in [0.29, 0.717) is 11.8 Å². The quantitative estimate of drug-likeness (QED) is 0.251. The lowest BCUT2D eigenvalue weighted by atomic mass is 9.78. The average molecular weight is 475 g/mol. The third kappa shape index (κ3) is 4.03. The third-order valence-corrected chi connectivity index (χ3v) is 6.68. The lowest BCUT2D eigenvalue weighted by molar-refractivity contribution is 0.482. The van der Waals surface area contributed by atoms with Gasteiger partial charge in [0, 0.05) is 17.9 Å². The molecule has 6 rings (SSSR count). The van der Waals surface area contributed by atoms with Crippen molar-refractivity contribution in [3.63, 3.8) is 0 Å². The first-order chi connectivity index (χ1) is 17.3. The van der Waals surface area contributed by atoms with Crippen molar-refractivity contribution in [2.24, 2.45) is 0 Å². The van der Waals surface area contributed by atoms with Gasteiger partial charge in [0.1, 0.15) is 22.5 Å². The molecule has 0 spiro atoms. The van der Waals surface area contributed by atoms with Gasteiger partial charge in [0.2, 0.25) is 5.89 Å². The Labute approximate surface area is 209 Å². The van der Waals surface area contributed by atoms with Crippen molar-refractivity contribution in [3.8, 4) is 23.0 Å². The number of hydrogen-bond donors (Lipinski definition) is 0. The van der Waals surface area contributed by atoms with Crippen LogP contribution in [0.15, 0.2) is 93.8 Å². The molecule has 0 atom stereocenters. The normalized spacial score (nSPS) is 11.9. The second-order valence-electron chi connectivity index (χ2n) is 9.68. The maximum Gasteiger partial charge on any atom is 0.227 e. The first-order valence-corrected chi connectivity index (χ1v) is 12.0. The minimum atomic E-state index is -0.247. The molecule has 0 unspecified atom stereocenters. The number of ether oxygens (including phenoxy) is 1. The predicted molar refractivity (Wildman–Crippen MR) is 142 cm³/mol. The monoisotopic (exact) mass is 474 g/mol. The van der Waals surface area contributed by atoms with E-state index in [0.717, 1.165) is 50.4 Å². The molecule has 6 aromatic rings. The average Bonchev–Trinajstić information content (AvgIpc) is 3.47. The van der Waals surface area contributed by atoms with E-state index < -0.39 is 0 Å². The van der Waals surface area contributed by atoms with Gasteiger partial charge in [0.05, 0.1) is 0 Å². The highest BCUT2D eigenvalue weighted by Gasteiger charge is 2.25. The molecule has 2 heterocycles.